The summed E-state index contributed by atoms with van der Waals surface area (Å²) >= 11 is 0. The zero-order valence-corrected chi connectivity index (χ0v) is 24.6. The fourth-order valence-electron chi connectivity index (χ4n) is 4.88. The van der Waals surface area contributed by atoms with Crippen LogP contribution in [0.5, 0.6) is 0 Å². The summed E-state index contributed by atoms with van der Waals surface area (Å²) in [5, 5.41) is 11.2. The Labute approximate surface area is 250 Å². The van der Waals surface area contributed by atoms with Crippen LogP contribution in [0.3, 0.4) is 0 Å². The van der Waals surface area contributed by atoms with Crippen LogP contribution in [-0.2, 0) is 43.9 Å². The molecule has 2 N–H and O–H groups in total. The van der Waals surface area contributed by atoms with Crippen LogP contribution in [0.25, 0.3) is 0 Å². The minimum Gasteiger partial charge on any atom is -0.369 e. The van der Waals surface area contributed by atoms with Gasteiger partial charge in [0.2, 0.25) is 21.8 Å². The van der Waals surface area contributed by atoms with E-state index >= 15 is 0 Å². The van der Waals surface area contributed by atoms with Crippen molar-refractivity contribution in [3.8, 4) is 0 Å². The molecule has 12 heteroatoms. The molecule has 1 fully saturated rings. The van der Waals surface area contributed by atoms with Crippen molar-refractivity contribution in [1.82, 2.24) is 29.9 Å². The summed E-state index contributed by atoms with van der Waals surface area (Å²) in [5.74, 6) is -0.580. The number of aromatic nitrogens is 3. The van der Waals surface area contributed by atoms with Gasteiger partial charge < -0.3 is 15.0 Å². The van der Waals surface area contributed by atoms with Crippen molar-refractivity contribution in [3.05, 3.63) is 114 Å². The van der Waals surface area contributed by atoms with Gasteiger partial charge in [-0.3, -0.25) is 14.3 Å². The first-order valence-electron chi connectivity index (χ1n) is 14.0. The van der Waals surface area contributed by atoms with Crippen LogP contribution in [0.4, 0.5) is 0 Å². The average molecular weight is 603 g/mol. The molecule has 5 rings (SSSR count). The maximum Gasteiger partial charge on any atom is 0.249 e. The number of rotatable bonds is 12. The Hall–Kier alpha value is -4.39. The SMILES string of the molecule is Cc1ccc(S(=O)(=O)N[C@@H](Cc2ccccc2)C(=O)NCCn2cc(CN3C(=O)COC[C@H]3c3ccccc3)nn2)cc1. The number of carbonyl (C=O) groups excluding carboxylic acids is 2. The molecule has 3 aromatic carbocycles. The van der Waals surface area contributed by atoms with E-state index in [0.717, 1.165) is 16.7 Å². The third-order valence-corrected chi connectivity index (χ3v) is 8.66. The zero-order chi connectivity index (χ0) is 30.2. The number of aryl methyl sites for hydroxylation is 1. The summed E-state index contributed by atoms with van der Waals surface area (Å²) in [4.78, 5) is 27.8. The number of carbonyl (C=O) groups is 2. The minimum atomic E-state index is -3.94. The quantitative estimate of drug-likeness (QED) is 0.254. The Balaban J connectivity index is 1.21. The summed E-state index contributed by atoms with van der Waals surface area (Å²) < 4.78 is 35.9. The number of benzene rings is 3. The first-order chi connectivity index (χ1) is 20.8. The van der Waals surface area contributed by atoms with E-state index in [0.29, 0.717) is 18.8 Å². The molecule has 2 amide bonds. The third kappa shape index (κ3) is 7.92. The second-order valence-corrected chi connectivity index (χ2v) is 12.1. The first-order valence-corrected chi connectivity index (χ1v) is 15.5. The first kappa shape index (κ1) is 30.1. The van der Waals surface area contributed by atoms with E-state index in [4.69, 9.17) is 4.74 Å². The van der Waals surface area contributed by atoms with Crippen molar-refractivity contribution >= 4 is 21.8 Å². The van der Waals surface area contributed by atoms with Gasteiger partial charge in [-0.15, -0.1) is 5.10 Å². The Morgan fingerprint density at radius 2 is 1.72 bits per heavy atom. The molecule has 1 aliphatic heterocycles. The normalized spacial score (nSPS) is 16.2. The van der Waals surface area contributed by atoms with Crippen molar-refractivity contribution in [2.24, 2.45) is 0 Å². The highest BCUT2D eigenvalue weighted by Gasteiger charge is 2.31. The molecule has 2 atom stereocenters. The van der Waals surface area contributed by atoms with Crippen molar-refractivity contribution < 1.29 is 22.7 Å². The highest BCUT2D eigenvalue weighted by molar-refractivity contribution is 7.89. The molecular weight excluding hydrogens is 568 g/mol. The zero-order valence-electron chi connectivity index (χ0n) is 23.8. The fraction of sp³-hybridized carbons (Fsp3) is 0.290. The van der Waals surface area contributed by atoms with E-state index in [1.807, 2.05) is 67.6 Å². The Morgan fingerprint density at radius 3 is 2.44 bits per heavy atom. The lowest BCUT2D eigenvalue weighted by Crippen LogP contribution is -2.48. The Kier molecular flexibility index (Phi) is 9.60. The van der Waals surface area contributed by atoms with Gasteiger partial charge in [-0.1, -0.05) is 83.6 Å². The predicted octanol–water partition coefficient (Wildman–Crippen LogP) is 2.39. The summed E-state index contributed by atoms with van der Waals surface area (Å²) in [7, 11) is -3.94. The number of sulfonamides is 1. The third-order valence-electron chi connectivity index (χ3n) is 7.17. The molecule has 224 valence electrons. The van der Waals surface area contributed by atoms with Crippen molar-refractivity contribution in [1.29, 1.82) is 0 Å². The standard InChI is InChI=1S/C31H34N6O5S/c1-23-12-14-27(15-13-23)43(40,41)34-28(18-24-8-4-2-5-9-24)31(39)32-16-17-36-19-26(33-35-36)20-37-29(21-42-22-30(37)38)25-10-6-3-7-11-25/h2-15,19,28-29,34H,16-18,20-22H2,1H3,(H,32,39)/t28-,29-/m0/s1. The molecule has 0 radical (unpaired) electrons. The molecule has 11 nitrogen and oxygen atoms in total. The van der Waals surface area contributed by atoms with Crippen LogP contribution in [0.15, 0.2) is 96.0 Å². The molecule has 0 spiro atoms. The van der Waals surface area contributed by atoms with Gasteiger partial charge in [-0.2, -0.15) is 4.72 Å². The second-order valence-electron chi connectivity index (χ2n) is 10.4. The number of hydrogen-bond acceptors (Lipinski definition) is 7. The smallest absolute Gasteiger partial charge is 0.249 e. The van der Waals surface area contributed by atoms with Crippen molar-refractivity contribution in [2.75, 3.05) is 19.8 Å². The lowest BCUT2D eigenvalue weighted by molar-refractivity contribution is -0.149. The summed E-state index contributed by atoms with van der Waals surface area (Å²) in [6, 6.07) is 24.1. The molecule has 0 aliphatic carbocycles. The van der Waals surface area contributed by atoms with E-state index < -0.39 is 22.0 Å². The molecule has 43 heavy (non-hydrogen) atoms. The van der Waals surface area contributed by atoms with Crippen LogP contribution in [0.2, 0.25) is 0 Å². The van der Waals surface area contributed by atoms with E-state index in [1.165, 1.54) is 12.1 Å². The van der Waals surface area contributed by atoms with Crippen LogP contribution in [-0.4, -0.2) is 65.9 Å². The van der Waals surface area contributed by atoms with Crippen LogP contribution >= 0.6 is 0 Å². The van der Waals surface area contributed by atoms with E-state index in [-0.39, 0.29) is 43.0 Å². The van der Waals surface area contributed by atoms with Crippen molar-refractivity contribution in [3.63, 3.8) is 0 Å². The van der Waals surface area contributed by atoms with E-state index in [9.17, 15) is 18.0 Å². The van der Waals surface area contributed by atoms with Gasteiger partial charge in [0.25, 0.3) is 0 Å². The molecule has 0 unspecified atom stereocenters. The highest BCUT2D eigenvalue weighted by Crippen LogP contribution is 2.26. The molecular formula is C31H34N6O5S. The van der Waals surface area contributed by atoms with Crippen LogP contribution in [0.1, 0.15) is 28.4 Å². The maximum atomic E-state index is 13.2. The van der Waals surface area contributed by atoms with Gasteiger partial charge in [0.1, 0.15) is 18.3 Å². The van der Waals surface area contributed by atoms with Crippen LogP contribution < -0.4 is 10.0 Å². The Bertz CT molecular complexity index is 1630. The molecule has 1 saturated heterocycles. The van der Waals surface area contributed by atoms with Gasteiger partial charge in [0.15, 0.2) is 0 Å². The van der Waals surface area contributed by atoms with Gasteiger partial charge >= 0.3 is 0 Å². The molecule has 0 saturated carbocycles. The number of ether oxygens (including phenoxy) is 1. The lowest BCUT2D eigenvalue weighted by atomic mass is 10.0. The van der Waals surface area contributed by atoms with E-state index in [2.05, 4.69) is 20.4 Å². The number of amides is 2. The van der Waals surface area contributed by atoms with Crippen molar-refractivity contribution in [2.45, 2.75) is 43.4 Å². The number of hydrogen-bond donors (Lipinski definition) is 2. The second kappa shape index (κ2) is 13.7. The number of nitrogens with one attached hydrogen (secondary N) is 2. The number of nitrogens with zero attached hydrogens (tertiary/aromatic N) is 4. The topological polar surface area (TPSA) is 136 Å². The monoisotopic (exact) mass is 602 g/mol. The fourth-order valence-corrected chi connectivity index (χ4v) is 6.07. The predicted molar refractivity (Wildman–Crippen MR) is 159 cm³/mol. The van der Waals surface area contributed by atoms with E-state index in [1.54, 1.807) is 27.9 Å². The minimum absolute atomic E-state index is 0.0152. The lowest BCUT2D eigenvalue weighted by Gasteiger charge is -2.35. The highest BCUT2D eigenvalue weighted by atomic mass is 32.2. The average Bonchev–Trinajstić information content (AvgIpc) is 3.46. The van der Waals surface area contributed by atoms with Crippen LogP contribution in [0, 0.1) is 6.92 Å². The summed E-state index contributed by atoms with van der Waals surface area (Å²) in [6.45, 7) is 3.06. The molecule has 0 bridgehead atoms. The Morgan fingerprint density at radius 1 is 1.02 bits per heavy atom. The molecule has 2 heterocycles. The van der Waals surface area contributed by atoms with Gasteiger partial charge in [-0.25, -0.2) is 8.42 Å². The maximum absolute atomic E-state index is 13.2. The molecule has 1 aromatic heterocycles. The summed E-state index contributed by atoms with van der Waals surface area (Å²) in [5.41, 5.74) is 3.34. The molecule has 1 aliphatic rings. The van der Waals surface area contributed by atoms with Gasteiger partial charge in [0.05, 0.1) is 36.8 Å². The molecule has 4 aromatic rings. The van der Waals surface area contributed by atoms with Gasteiger partial charge in [-0.05, 0) is 36.6 Å². The summed E-state index contributed by atoms with van der Waals surface area (Å²) in [6.07, 6.45) is 1.92. The van der Waals surface area contributed by atoms with Gasteiger partial charge in [0, 0.05) is 6.54 Å². The number of morpholine rings is 1. The largest absolute Gasteiger partial charge is 0.369 e.